The summed E-state index contributed by atoms with van der Waals surface area (Å²) in [6.45, 7) is 1.15. The molecule has 26 heavy (non-hydrogen) atoms. The van der Waals surface area contributed by atoms with Crippen LogP contribution in [0.15, 0.2) is 40.6 Å². The van der Waals surface area contributed by atoms with Crippen molar-refractivity contribution in [2.75, 3.05) is 24.1 Å². The normalized spacial score (nSPS) is 15.2. The van der Waals surface area contributed by atoms with Crippen molar-refractivity contribution in [2.24, 2.45) is 0 Å². The van der Waals surface area contributed by atoms with Crippen molar-refractivity contribution in [2.45, 2.75) is 29.9 Å². The fourth-order valence-corrected chi connectivity index (χ4v) is 5.81. The van der Waals surface area contributed by atoms with E-state index < -0.39 is 10.0 Å². The topological polar surface area (TPSA) is 92.5 Å². The third-order valence-electron chi connectivity index (χ3n) is 4.12. The van der Waals surface area contributed by atoms with Gasteiger partial charge in [0, 0.05) is 18.0 Å². The SMILES string of the molecule is Cl.Nc1ccccc1NC(=O)Cc1ccc(S(=O)(=O)N2CCCCC2)s1. The molecule has 142 valence electrons. The van der Waals surface area contributed by atoms with E-state index in [1.165, 1.54) is 4.31 Å². The molecule has 1 aromatic carbocycles. The molecular formula is C17H22ClN3O3S2. The molecule has 0 atom stereocenters. The summed E-state index contributed by atoms with van der Waals surface area (Å²) in [5.41, 5.74) is 6.87. The summed E-state index contributed by atoms with van der Waals surface area (Å²) in [4.78, 5) is 12.9. The van der Waals surface area contributed by atoms with Gasteiger partial charge in [-0.2, -0.15) is 4.31 Å². The molecule has 0 bridgehead atoms. The van der Waals surface area contributed by atoms with Crippen LogP contribution in [-0.4, -0.2) is 31.7 Å². The van der Waals surface area contributed by atoms with E-state index >= 15 is 0 Å². The Morgan fingerprint density at radius 2 is 1.81 bits per heavy atom. The molecule has 0 aliphatic carbocycles. The van der Waals surface area contributed by atoms with E-state index in [4.69, 9.17) is 5.73 Å². The van der Waals surface area contributed by atoms with Gasteiger partial charge in [-0.1, -0.05) is 18.6 Å². The summed E-state index contributed by atoms with van der Waals surface area (Å²) in [6, 6.07) is 10.3. The first-order valence-corrected chi connectivity index (χ1v) is 10.5. The van der Waals surface area contributed by atoms with Crippen molar-refractivity contribution in [3.63, 3.8) is 0 Å². The highest BCUT2D eigenvalue weighted by molar-refractivity contribution is 7.91. The van der Waals surface area contributed by atoms with E-state index in [1.54, 1.807) is 36.4 Å². The van der Waals surface area contributed by atoms with Crippen LogP contribution in [0.2, 0.25) is 0 Å². The number of sulfonamides is 1. The van der Waals surface area contributed by atoms with Crippen LogP contribution in [0.25, 0.3) is 0 Å². The highest BCUT2D eigenvalue weighted by Gasteiger charge is 2.27. The third kappa shape index (κ3) is 4.76. The van der Waals surface area contributed by atoms with Crippen LogP contribution in [0.4, 0.5) is 11.4 Å². The molecule has 0 spiro atoms. The average Bonchev–Trinajstić information content (AvgIpc) is 3.07. The van der Waals surface area contributed by atoms with Gasteiger partial charge in [-0.05, 0) is 37.1 Å². The predicted molar refractivity (Wildman–Crippen MR) is 107 cm³/mol. The first kappa shape index (κ1) is 20.7. The van der Waals surface area contributed by atoms with Crippen molar-refractivity contribution < 1.29 is 13.2 Å². The summed E-state index contributed by atoms with van der Waals surface area (Å²) >= 11 is 1.15. The molecule has 1 saturated heterocycles. The molecule has 3 N–H and O–H groups in total. The second kappa shape index (κ2) is 8.85. The van der Waals surface area contributed by atoms with E-state index in [1.807, 2.05) is 0 Å². The molecule has 0 saturated carbocycles. The number of hydrogen-bond donors (Lipinski definition) is 2. The zero-order valence-electron chi connectivity index (χ0n) is 14.2. The van der Waals surface area contributed by atoms with Crippen LogP contribution in [-0.2, 0) is 21.2 Å². The highest BCUT2D eigenvalue weighted by Crippen LogP contribution is 2.27. The van der Waals surface area contributed by atoms with Gasteiger partial charge in [0.15, 0.2) is 0 Å². The predicted octanol–water partition coefficient (Wildman–Crippen LogP) is 3.11. The number of nitrogen functional groups attached to an aromatic ring is 1. The van der Waals surface area contributed by atoms with Gasteiger partial charge >= 0.3 is 0 Å². The number of nitrogens with zero attached hydrogens (tertiary/aromatic N) is 1. The molecule has 1 aromatic heterocycles. The largest absolute Gasteiger partial charge is 0.397 e. The number of rotatable bonds is 5. The highest BCUT2D eigenvalue weighted by atomic mass is 35.5. The van der Waals surface area contributed by atoms with E-state index in [-0.39, 0.29) is 24.7 Å². The average molecular weight is 416 g/mol. The third-order valence-corrected chi connectivity index (χ3v) is 7.57. The fraction of sp³-hybridized carbons (Fsp3) is 0.353. The molecule has 1 fully saturated rings. The molecular weight excluding hydrogens is 394 g/mol. The number of hydrogen-bond acceptors (Lipinski definition) is 5. The maximum atomic E-state index is 12.6. The molecule has 3 rings (SSSR count). The first-order valence-electron chi connectivity index (χ1n) is 8.20. The number of carbonyl (C=O) groups is 1. The van der Waals surface area contributed by atoms with Crippen LogP contribution in [0.5, 0.6) is 0 Å². The number of nitrogens with two attached hydrogens (primary N) is 1. The Labute approximate surface area is 163 Å². The Morgan fingerprint density at radius 1 is 1.12 bits per heavy atom. The van der Waals surface area contributed by atoms with Crippen LogP contribution < -0.4 is 11.1 Å². The number of thiophene rings is 1. The van der Waals surface area contributed by atoms with Gasteiger partial charge < -0.3 is 11.1 Å². The standard InChI is InChI=1S/C17H21N3O3S2.ClH/c18-14-6-2-3-7-15(14)19-16(21)12-13-8-9-17(24-13)25(22,23)20-10-4-1-5-11-20;/h2-3,6-9H,1,4-5,10-12,18H2,(H,19,21);1H. The smallest absolute Gasteiger partial charge is 0.252 e. The number of halogens is 1. The molecule has 0 radical (unpaired) electrons. The zero-order chi connectivity index (χ0) is 17.9. The van der Waals surface area contributed by atoms with Crippen molar-refractivity contribution in [1.82, 2.24) is 4.31 Å². The van der Waals surface area contributed by atoms with E-state index in [9.17, 15) is 13.2 Å². The molecule has 2 heterocycles. The van der Waals surface area contributed by atoms with Crippen molar-refractivity contribution in [3.05, 3.63) is 41.3 Å². The quantitative estimate of drug-likeness (QED) is 0.734. The Kier molecular flexibility index (Phi) is 7.05. The number of piperidine rings is 1. The van der Waals surface area contributed by atoms with Crippen LogP contribution in [0, 0.1) is 0 Å². The van der Waals surface area contributed by atoms with E-state index in [2.05, 4.69) is 5.32 Å². The Bertz CT molecular complexity index is 862. The maximum absolute atomic E-state index is 12.6. The minimum Gasteiger partial charge on any atom is -0.397 e. The first-order chi connectivity index (χ1) is 12.0. The zero-order valence-corrected chi connectivity index (χ0v) is 16.6. The van der Waals surface area contributed by atoms with Crippen LogP contribution in [0.1, 0.15) is 24.1 Å². The lowest BCUT2D eigenvalue weighted by Crippen LogP contribution is -2.35. The molecule has 9 heteroatoms. The van der Waals surface area contributed by atoms with Crippen molar-refractivity contribution >= 4 is 51.0 Å². The van der Waals surface area contributed by atoms with Crippen molar-refractivity contribution in [1.29, 1.82) is 0 Å². The van der Waals surface area contributed by atoms with Crippen LogP contribution >= 0.6 is 23.7 Å². The minimum atomic E-state index is -3.44. The fourth-order valence-electron chi connectivity index (χ4n) is 2.79. The number of anilines is 2. The van der Waals surface area contributed by atoms with E-state index in [0.717, 1.165) is 30.6 Å². The summed E-state index contributed by atoms with van der Waals surface area (Å²) < 4.78 is 27.1. The van der Waals surface area contributed by atoms with E-state index in [0.29, 0.717) is 33.6 Å². The molecule has 1 aliphatic heterocycles. The van der Waals surface area contributed by atoms with Gasteiger partial charge in [0.05, 0.1) is 17.8 Å². The number of para-hydroxylation sites is 2. The summed E-state index contributed by atoms with van der Waals surface area (Å²) in [5.74, 6) is -0.221. The lowest BCUT2D eigenvalue weighted by Gasteiger charge is -2.25. The maximum Gasteiger partial charge on any atom is 0.252 e. The lowest BCUT2D eigenvalue weighted by molar-refractivity contribution is -0.115. The lowest BCUT2D eigenvalue weighted by atomic mass is 10.2. The van der Waals surface area contributed by atoms with Gasteiger partial charge in [0.1, 0.15) is 4.21 Å². The van der Waals surface area contributed by atoms with Gasteiger partial charge in [-0.25, -0.2) is 8.42 Å². The molecule has 6 nitrogen and oxygen atoms in total. The minimum absolute atomic E-state index is 0. The van der Waals surface area contributed by atoms with Gasteiger partial charge in [-0.15, -0.1) is 23.7 Å². The van der Waals surface area contributed by atoms with Gasteiger partial charge in [0.25, 0.3) is 10.0 Å². The molecule has 0 unspecified atom stereocenters. The molecule has 1 amide bonds. The second-order valence-electron chi connectivity index (χ2n) is 6.00. The molecule has 1 aliphatic rings. The number of benzene rings is 1. The Morgan fingerprint density at radius 3 is 2.50 bits per heavy atom. The molecule has 2 aromatic rings. The summed E-state index contributed by atoms with van der Waals surface area (Å²) in [6.07, 6.45) is 3.00. The monoisotopic (exact) mass is 415 g/mol. The summed E-state index contributed by atoms with van der Waals surface area (Å²) in [5, 5.41) is 2.75. The Balaban J connectivity index is 0.00000243. The van der Waals surface area contributed by atoms with Gasteiger partial charge in [0.2, 0.25) is 5.91 Å². The number of carbonyl (C=O) groups excluding carboxylic acids is 1. The van der Waals surface area contributed by atoms with Crippen molar-refractivity contribution in [3.8, 4) is 0 Å². The number of amides is 1. The van der Waals surface area contributed by atoms with Gasteiger partial charge in [-0.3, -0.25) is 4.79 Å². The van der Waals surface area contributed by atoms with Crippen LogP contribution in [0.3, 0.4) is 0 Å². The summed E-state index contributed by atoms with van der Waals surface area (Å²) in [7, 11) is -3.44. The second-order valence-corrected chi connectivity index (χ2v) is 9.33. The number of nitrogens with one attached hydrogen (secondary N) is 1. The Hall–Kier alpha value is -1.61.